The van der Waals surface area contributed by atoms with Crippen LogP contribution in [0.25, 0.3) is 0 Å². The Hall–Kier alpha value is -0.570. The fraction of sp³-hybridized carbons (Fsp3) is 0.917. The van der Waals surface area contributed by atoms with E-state index >= 15 is 0 Å². The minimum absolute atomic E-state index is 0.188. The minimum atomic E-state index is 0.188. The summed E-state index contributed by atoms with van der Waals surface area (Å²) < 4.78 is 0. The number of hydrogen-bond acceptors (Lipinski definition) is 2. The lowest BCUT2D eigenvalue weighted by molar-refractivity contribution is -0.129. The van der Waals surface area contributed by atoms with Crippen LogP contribution in [0.15, 0.2) is 0 Å². The molecule has 0 spiro atoms. The molecule has 2 N–H and O–H groups in total. The van der Waals surface area contributed by atoms with Crippen molar-refractivity contribution in [2.45, 2.75) is 44.9 Å². The summed E-state index contributed by atoms with van der Waals surface area (Å²) in [5, 5.41) is 0. The van der Waals surface area contributed by atoms with E-state index in [2.05, 4.69) is 0 Å². The molecule has 3 heteroatoms. The highest BCUT2D eigenvalue weighted by molar-refractivity contribution is 5.75. The Morgan fingerprint density at radius 1 is 1.33 bits per heavy atom. The smallest absolute Gasteiger partial charge is 0.223 e. The monoisotopic (exact) mass is 212 g/mol. The van der Waals surface area contributed by atoms with E-state index in [0.717, 1.165) is 12.5 Å². The van der Waals surface area contributed by atoms with Gasteiger partial charge in [0.25, 0.3) is 0 Å². The van der Waals surface area contributed by atoms with Gasteiger partial charge in [-0.15, -0.1) is 0 Å². The molecule has 1 aliphatic carbocycles. The molecule has 1 amide bonds. The summed E-state index contributed by atoms with van der Waals surface area (Å²) in [7, 11) is 1.89. The average molecular weight is 212 g/mol. The van der Waals surface area contributed by atoms with Gasteiger partial charge in [-0.25, -0.2) is 0 Å². The highest BCUT2D eigenvalue weighted by Gasteiger charge is 2.15. The number of rotatable bonds is 5. The molecule has 1 aliphatic rings. The predicted octanol–water partition coefficient (Wildman–Crippen LogP) is 1.76. The maximum atomic E-state index is 11.5. The molecule has 1 fully saturated rings. The first-order valence-corrected chi connectivity index (χ1v) is 6.18. The van der Waals surface area contributed by atoms with Crippen LogP contribution in [0.5, 0.6) is 0 Å². The van der Waals surface area contributed by atoms with Crippen molar-refractivity contribution < 1.29 is 4.79 Å². The SMILES string of the molecule is CN(CCC1CCCCC1)C(=O)CCN. The number of carbonyl (C=O) groups is 1. The fourth-order valence-electron chi connectivity index (χ4n) is 2.29. The van der Waals surface area contributed by atoms with E-state index in [-0.39, 0.29) is 5.91 Å². The Bertz CT molecular complexity index is 188. The molecule has 0 aromatic heterocycles. The Labute approximate surface area is 93.0 Å². The van der Waals surface area contributed by atoms with Crippen molar-refractivity contribution >= 4 is 5.91 Å². The topological polar surface area (TPSA) is 46.3 Å². The second-order valence-electron chi connectivity index (χ2n) is 4.65. The Kier molecular flexibility index (Phi) is 5.69. The summed E-state index contributed by atoms with van der Waals surface area (Å²) in [6.07, 6.45) is 8.54. The Morgan fingerprint density at radius 3 is 2.60 bits per heavy atom. The van der Waals surface area contributed by atoms with Gasteiger partial charge in [0.05, 0.1) is 0 Å². The van der Waals surface area contributed by atoms with Gasteiger partial charge >= 0.3 is 0 Å². The number of nitrogens with zero attached hydrogens (tertiary/aromatic N) is 1. The normalized spacial score (nSPS) is 17.7. The van der Waals surface area contributed by atoms with E-state index in [4.69, 9.17) is 5.73 Å². The van der Waals surface area contributed by atoms with E-state index in [1.54, 1.807) is 0 Å². The van der Waals surface area contributed by atoms with Crippen LogP contribution in [0.2, 0.25) is 0 Å². The third-order valence-electron chi connectivity index (χ3n) is 3.38. The lowest BCUT2D eigenvalue weighted by atomic mass is 9.87. The lowest BCUT2D eigenvalue weighted by Crippen LogP contribution is -2.30. The number of carbonyl (C=O) groups excluding carboxylic acids is 1. The third-order valence-corrected chi connectivity index (χ3v) is 3.38. The molecule has 0 radical (unpaired) electrons. The molecule has 88 valence electrons. The van der Waals surface area contributed by atoms with Crippen molar-refractivity contribution in [1.82, 2.24) is 4.90 Å². The first kappa shape index (κ1) is 12.5. The van der Waals surface area contributed by atoms with Gasteiger partial charge in [0, 0.05) is 26.6 Å². The van der Waals surface area contributed by atoms with Crippen LogP contribution in [-0.2, 0) is 4.79 Å². The Balaban J connectivity index is 2.14. The van der Waals surface area contributed by atoms with Gasteiger partial charge in [-0.3, -0.25) is 4.79 Å². The summed E-state index contributed by atoms with van der Waals surface area (Å²) in [5.74, 6) is 1.04. The van der Waals surface area contributed by atoms with E-state index in [1.165, 1.54) is 38.5 Å². The van der Waals surface area contributed by atoms with E-state index in [0.29, 0.717) is 13.0 Å². The maximum absolute atomic E-state index is 11.5. The van der Waals surface area contributed by atoms with Crippen LogP contribution in [-0.4, -0.2) is 30.9 Å². The van der Waals surface area contributed by atoms with Crippen molar-refractivity contribution in [1.29, 1.82) is 0 Å². The molecule has 0 bridgehead atoms. The van der Waals surface area contributed by atoms with Gasteiger partial charge in [0.2, 0.25) is 5.91 Å². The average Bonchev–Trinajstić information content (AvgIpc) is 2.27. The second kappa shape index (κ2) is 6.83. The van der Waals surface area contributed by atoms with Crippen LogP contribution in [0, 0.1) is 5.92 Å². The highest BCUT2D eigenvalue weighted by atomic mass is 16.2. The van der Waals surface area contributed by atoms with Crippen molar-refractivity contribution in [2.75, 3.05) is 20.1 Å². The fourth-order valence-corrected chi connectivity index (χ4v) is 2.29. The van der Waals surface area contributed by atoms with Crippen LogP contribution in [0.3, 0.4) is 0 Å². The molecule has 0 heterocycles. The zero-order chi connectivity index (χ0) is 11.1. The zero-order valence-electron chi connectivity index (χ0n) is 9.87. The van der Waals surface area contributed by atoms with Gasteiger partial charge in [-0.1, -0.05) is 32.1 Å². The molecule has 15 heavy (non-hydrogen) atoms. The van der Waals surface area contributed by atoms with E-state index in [9.17, 15) is 4.79 Å². The molecule has 0 aliphatic heterocycles. The lowest BCUT2D eigenvalue weighted by Gasteiger charge is -2.24. The molecular weight excluding hydrogens is 188 g/mol. The summed E-state index contributed by atoms with van der Waals surface area (Å²) >= 11 is 0. The second-order valence-corrected chi connectivity index (χ2v) is 4.65. The molecule has 0 saturated heterocycles. The summed E-state index contributed by atoms with van der Waals surface area (Å²) in [6, 6.07) is 0. The third kappa shape index (κ3) is 4.65. The summed E-state index contributed by atoms with van der Waals surface area (Å²) in [5.41, 5.74) is 5.36. The largest absolute Gasteiger partial charge is 0.346 e. The first-order valence-electron chi connectivity index (χ1n) is 6.18. The molecule has 1 saturated carbocycles. The predicted molar refractivity (Wildman–Crippen MR) is 62.5 cm³/mol. The molecule has 0 atom stereocenters. The molecule has 0 unspecified atom stereocenters. The number of amides is 1. The molecular formula is C12H24N2O. The van der Waals surface area contributed by atoms with Crippen LogP contribution >= 0.6 is 0 Å². The van der Waals surface area contributed by atoms with Gasteiger partial charge < -0.3 is 10.6 Å². The first-order chi connectivity index (χ1) is 7.24. The number of nitrogens with two attached hydrogens (primary N) is 1. The summed E-state index contributed by atoms with van der Waals surface area (Å²) in [4.78, 5) is 13.3. The maximum Gasteiger partial charge on any atom is 0.223 e. The van der Waals surface area contributed by atoms with Crippen molar-refractivity contribution in [3.63, 3.8) is 0 Å². The Morgan fingerprint density at radius 2 is 2.00 bits per heavy atom. The molecule has 3 nitrogen and oxygen atoms in total. The van der Waals surface area contributed by atoms with Gasteiger partial charge in [-0.2, -0.15) is 0 Å². The minimum Gasteiger partial charge on any atom is -0.346 e. The molecule has 1 rings (SSSR count). The van der Waals surface area contributed by atoms with Gasteiger partial charge in [-0.05, 0) is 12.3 Å². The number of hydrogen-bond donors (Lipinski definition) is 1. The summed E-state index contributed by atoms with van der Waals surface area (Å²) in [6.45, 7) is 1.37. The highest BCUT2D eigenvalue weighted by Crippen LogP contribution is 2.26. The van der Waals surface area contributed by atoms with E-state index in [1.807, 2.05) is 11.9 Å². The molecule has 0 aromatic rings. The molecule has 0 aromatic carbocycles. The zero-order valence-corrected chi connectivity index (χ0v) is 9.87. The van der Waals surface area contributed by atoms with Crippen molar-refractivity contribution in [3.05, 3.63) is 0 Å². The van der Waals surface area contributed by atoms with Crippen molar-refractivity contribution in [2.24, 2.45) is 11.7 Å². The quantitative estimate of drug-likeness (QED) is 0.755. The van der Waals surface area contributed by atoms with Gasteiger partial charge in [0.15, 0.2) is 0 Å². The standard InChI is InChI=1S/C12H24N2O/c1-14(12(15)7-9-13)10-8-11-5-3-2-4-6-11/h11H,2-10,13H2,1H3. The van der Waals surface area contributed by atoms with Crippen molar-refractivity contribution in [3.8, 4) is 0 Å². The van der Waals surface area contributed by atoms with Crippen LogP contribution in [0.1, 0.15) is 44.9 Å². The van der Waals surface area contributed by atoms with E-state index < -0.39 is 0 Å². The van der Waals surface area contributed by atoms with Crippen LogP contribution in [0.4, 0.5) is 0 Å². The van der Waals surface area contributed by atoms with Gasteiger partial charge in [0.1, 0.15) is 0 Å². The van der Waals surface area contributed by atoms with Crippen LogP contribution < -0.4 is 5.73 Å².